The summed E-state index contributed by atoms with van der Waals surface area (Å²) in [5.41, 5.74) is 0. The average Bonchev–Trinajstić information content (AvgIpc) is 2.46. The van der Waals surface area contributed by atoms with Crippen LogP contribution in [0.25, 0.3) is 0 Å². The molecular weight excluding hydrogens is 174 g/mol. The number of rotatable bonds is 2. The molecule has 0 N–H and O–H groups in total. The Hall–Kier alpha value is -0.500. The number of alkyl halides is 1. The number of oxazole rings is 1. The highest BCUT2D eigenvalue weighted by Crippen LogP contribution is 2.40. The predicted octanol–water partition coefficient (Wildman–Crippen LogP) is 2.93. The highest BCUT2D eigenvalue weighted by molar-refractivity contribution is 6.16. The van der Waals surface area contributed by atoms with Crippen molar-refractivity contribution in [3.8, 4) is 0 Å². The molecule has 2 nitrogen and oxygen atoms in total. The van der Waals surface area contributed by atoms with E-state index >= 15 is 0 Å². The molecule has 0 atom stereocenters. The Bertz CT molecular complexity index is 265. The van der Waals surface area contributed by atoms with Crippen molar-refractivity contribution in [3.05, 3.63) is 17.8 Å². The van der Waals surface area contributed by atoms with Crippen LogP contribution in [-0.2, 0) is 5.88 Å². The van der Waals surface area contributed by atoms with Gasteiger partial charge < -0.3 is 4.42 Å². The van der Waals surface area contributed by atoms with Crippen molar-refractivity contribution in [2.24, 2.45) is 5.92 Å². The first kappa shape index (κ1) is 8.11. The Morgan fingerprint density at radius 1 is 1.67 bits per heavy atom. The maximum Gasteiger partial charge on any atom is 0.197 e. The minimum Gasteiger partial charge on any atom is -0.444 e. The van der Waals surface area contributed by atoms with Gasteiger partial charge in [0, 0.05) is 5.92 Å². The Morgan fingerprint density at radius 3 is 2.92 bits per heavy atom. The molecule has 0 amide bonds. The summed E-state index contributed by atoms with van der Waals surface area (Å²) in [5.74, 6) is 3.48. The van der Waals surface area contributed by atoms with Crippen LogP contribution in [-0.4, -0.2) is 4.98 Å². The maximum atomic E-state index is 5.60. The second-order valence-electron chi connectivity index (χ2n) is 3.57. The van der Waals surface area contributed by atoms with E-state index in [0.717, 1.165) is 17.6 Å². The van der Waals surface area contributed by atoms with Crippen molar-refractivity contribution in [2.75, 3.05) is 0 Å². The van der Waals surface area contributed by atoms with Gasteiger partial charge >= 0.3 is 0 Å². The van der Waals surface area contributed by atoms with Crippen molar-refractivity contribution in [1.29, 1.82) is 0 Å². The fraction of sp³-hybridized carbons (Fsp3) is 0.667. The van der Waals surface area contributed by atoms with E-state index in [1.54, 1.807) is 6.20 Å². The summed E-state index contributed by atoms with van der Waals surface area (Å²) in [6.07, 6.45) is 4.15. The molecule has 1 aliphatic carbocycles. The molecule has 0 spiro atoms. The SMILES string of the molecule is CC1CC(c2ncc(CCl)o2)C1. The van der Waals surface area contributed by atoms with Gasteiger partial charge in [0.2, 0.25) is 0 Å². The van der Waals surface area contributed by atoms with Crippen LogP contribution in [0.15, 0.2) is 10.6 Å². The van der Waals surface area contributed by atoms with E-state index in [4.69, 9.17) is 16.0 Å². The highest BCUT2D eigenvalue weighted by atomic mass is 35.5. The fourth-order valence-corrected chi connectivity index (χ4v) is 1.80. The zero-order valence-corrected chi connectivity index (χ0v) is 7.84. The summed E-state index contributed by atoms with van der Waals surface area (Å²) < 4.78 is 5.44. The van der Waals surface area contributed by atoms with Crippen molar-refractivity contribution in [2.45, 2.75) is 31.6 Å². The molecule has 1 aliphatic rings. The molecule has 3 heteroatoms. The van der Waals surface area contributed by atoms with Crippen molar-refractivity contribution < 1.29 is 4.42 Å². The van der Waals surface area contributed by atoms with Gasteiger partial charge in [0.1, 0.15) is 5.76 Å². The van der Waals surface area contributed by atoms with Crippen molar-refractivity contribution in [3.63, 3.8) is 0 Å². The first-order valence-corrected chi connectivity index (χ1v) is 4.83. The number of nitrogens with zero attached hydrogens (tertiary/aromatic N) is 1. The van der Waals surface area contributed by atoms with Crippen LogP contribution in [0.2, 0.25) is 0 Å². The van der Waals surface area contributed by atoms with E-state index in [1.165, 1.54) is 12.8 Å². The lowest BCUT2D eigenvalue weighted by Gasteiger charge is -2.29. The summed E-state index contributed by atoms with van der Waals surface area (Å²) >= 11 is 5.60. The van der Waals surface area contributed by atoms with E-state index in [0.29, 0.717) is 11.8 Å². The van der Waals surface area contributed by atoms with E-state index in [2.05, 4.69) is 11.9 Å². The largest absolute Gasteiger partial charge is 0.444 e. The second-order valence-corrected chi connectivity index (χ2v) is 3.84. The maximum absolute atomic E-state index is 5.60. The van der Waals surface area contributed by atoms with Crippen LogP contribution in [0.3, 0.4) is 0 Å². The van der Waals surface area contributed by atoms with Gasteiger partial charge in [-0.25, -0.2) is 4.98 Å². The number of hydrogen-bond acceptors (Lipinski definition) is 2. The molecular formula is C9H12ClNO. The summed E-state index contributed by atoms with van der Waals surface area (Å²) in [6.45, 7) is 2.25. The molecule has 1 heterocycles. The van der Waals surface area contributed by atoms with Crippen molar-refractivity contribution in [1.82, 2.24) is 4.98 Å². The molecule has 0 radical (unpaired) electrons. The van der Waals surface area contributed by atoms with Crippen LogP contribution < -0.4 is 0 Å². The summed E-state index contributed by atoms with van der Waals surface area (Å²) in [7, 11) is 0. The van der Waals surface area contributed by atoms with Gasteiger partial charge in [-0.3, -0.25) is 0 Å². The molecule has 0 unspecified atom stereocenters. The molecule has 1 aromatic rings. The molecule has 1 aromatic heterocycles. The third-order valence-corrected chi connectivity index (χ3v) is 2.69. The fourth-order valence-electron chi connectivity index (χ4n) is 1.68. The molecule has 1 fully saturated rings. The van der Waals surface area contributed by atoms with Crippen LogP contribution in [0.1, 0.15) is 37.3 Å². The standard InChI is InChI=1S/C9H12ClNO/c1-6-2-7(3-6)9-11-5-8(4-10)12-9/h5-7H,2-4H2,1H3. The first-order chi connectivity index (χ1) is 5.79. The zero-order valence-electron chi connectivity index (χ0n) is 7.09. The molecule has 12 heavy (non-hydrogen) atoms. The molecule has 2 rings (SSSR count). The number of halogens is 1. The van der Waals surface area contributed by atoms with E-state index in [-0.39, 0.29) is 0 Å². The molecule has 1 saturated carbocycles. The average molecular weight is 186 g/mol. The van der Waals surface area contributed by atoms with Gasteiger partial charge in [0.05, 0.1) is 12.1 Å². The van der Waals surface area contributed by atoms with Gasteiger partial charge in [-0.05, 0) is 18.8 Å². The monoisotopic (exact) mass is 185 g/mol. The third-order valence-electron chi connectivity index (χ3n) is 2.43. The number of aromatic nitrogens is 1. The Morgan fingerprint density at radius 2 is 2.42 bits per heavy atom. The van der Waals surface area contributed by atoms with E-state index in [1.807, 2.05) is 0 Å². The first-order valence-electron chi connectivity index (χ1n) is 4.30. The van der Waals surface area contributed by atoms with Crippen LogP contribution in [0.5, 0.6) is 0 Å². The van der Waals surface area contributed by atoms with Gasteiger partial charge in [-0.15, -0.1) is 11.6 Å². The molecule has 66 valence electrons. The summed E-state index contributed by atoms with van der Waals surface area (Å²) in [5, 5.41) is 0. The lowest BCUT2D eigenvalue weighted by atomic mass is 9.76. The quantitative estimate of drug-likeness (QED) is 0.663. The van der Waals surface area contributed by atoms with Gasteiger partial charge in [0.25, 0.3) is 0 Å². The normalized spacial score (nSPS) is 28.5. The van der Waals surface area contributed by atoms with Crippen LogP contribution in [0.4, 0.5) is 0 Å². The number of hydrogen-bond donors (Lipinski definition) is 0. The van der Waals surface area contributed by atoms with Crippen LogP contribution in [0, 0.1) is 5.92 Å². The summed E-state index contributed by atoms with van der Waals surface area (Å²) in [6, 6.07) is 0. The summed E-state index contributed by atoms with van der Waals surface area (Å²) in [4.78, 5) is 4.19. The minimum atomic E-state index is 0.426. The van der Waals surface area contributed by atoms with Crippen LogP contribution >= 0.6 is 11.6 Å². The molecule has 0 saturated heterocycles. The van der Waals surface area contributed by atoms with Gasteiger partial charge in [-0.2, -0.15) is 0 Å². The zero-order chi connectivity index (χ0) is 8.55. The smallest absolute Gasteiger partial charge is 0.197 e. The molecule has 0 bridgehead atoms. The van der Waals surface area contributed by atoms with E-state index < -0.39 is 0 Å². The topological polar surface area (TPSA) is 26.0 Å². The Kier molecular flexibility index (Phi) is 2.09. The lowest BCUT2D eigenvalue weighted by Crippen LogP contribution is -2.18. The van der Waals surface area contributed by atoms with Gasteiger partial charge in [0.15, 0.2) is 5.89 Å². The van der Waals surface area contributed by atoms with Gasteiger partial charge in [-0.1, -0.05) is 6.92 Å². The Labute approximate surface area is 76.9 Å². The second kappa shape index (κ2) is 3.09. The molecule has 0 aliphatic heterocycles. The predicted molar refractivity (Wildman–Crippen MR) is 47.2 cm³/mol. The Balaban J connectivity index is 2.04. The lowest BCUT2D eigenvalue weighted by molar-refractivity contribution is 0.243. The van der Waals surface area contributed by atoms with Crippen molar-refractivity contribution >= 4 is 11.6 Å². The highest BCUT2D eigenvalue weighted by Gasteiger charge is 2.30. The third kappa shape index (κ3) is 1.36. The van der Waals surface area contributed by atoms with E-state index in [9.17, 15) is 0 Å². The molecule has 0 aromatic carbocycles. The minimum absolute atomic E-state index is 0.426.